The second-order valence-corrected chi connectivity index (χ2v) is 6.51. The summed E-state index contributed by atoms with van der Waals surface area (Å²) < 4.78 is 0. The predicted molar refractivity (Wildman–Crippen MR) is 90.0 cm³/mol. The number of hydrogen-bond donors (Lipinski definition) is 2. The molecular formula is C19H22N2O2. The van der Waals surface area contributed by atoms with E-state index in [1.807, 2.05) is 32.0 Å². The SMILES string of the molecule is CC(=O)c1c(C)[nH]c(C(=O)NCC2(c3ccccc3)CC2)c1C. The molecule has 1 heterocycles. The molecule has 0 saturated heterocycles. The third-order valence-electron chi connectivity index (χ3n) is 4.84. The molecule has 1 aromatic heterocycles. The number of aromatic amines is 1. The molecule has 4 heteroatoms. The maximum atomic E-state index is 12.5. The van der Waals surface area contributed by atoms with Crippen molar-refractivity contribution < 1.29 is 9.59 Å². The van der Waals surface area contributed by atoms with E-state index in [1.54, 1.807) is 0 Å². The summed E-state index contributed by atoms with van der Waals surface area (Å²) >= 11 is 0. The van der Waals surface area contributed by atoms with Crippen LogP contribution in [-0.4, -0.2) is 23.2 Å². The number of benzene rings is 1. The van der Waals surface area contributed by atoms with Crippen LogP contribution in [-0.2, 0) is 5.41 Å². The Hall–Kier alpha value is -2.36. The smallest absolute Gasteiger partial charge is 0.268 e. The minimum Gasteiger partial charge on any atom is -0.354 e. The monoisotopic (exact) mass is 310 g/mol. The van der Waals surface area contributed by atoms with Gasteiger partial charge in [0, 0.05) is 23.2 Å². The van der Waals surface area contributed by atoms with Gasteiger partial charge in [-0.3, -0.25) is 9.59 Å². The van der Waals surface area contributed by atoms with Crippen molar-refractivity contribution in [1.82, 2.24) is 10.3 Å². The van der Waals surface area contributed by atoms with Crippen molar-refractivity contribution in [1.29, 1.82) is 0 Å². The Morgan fingerprint density at radius 2 is 1.83 bits per heavy atom. The molecule has 0 aliphatic heterocycles. The number of rotatable bonds is 5. The highest BCUT2D eigenvalue weighted by atomic mass is 16.2. The molecule has 1 aliphatic carbocycles. The zero-order valence-corrected chi connectivity index (χ0v) is 13.8. The highest BCUT2D eigenvalue weighted by Crippen LogP contribution is 2.47. The van der Waals surface area contributed by atoms with E-state index in [1.165, 1.54) is 12.5 Å². The molecule has 1 saturated carbocycles. The van der Waals surface area contributed by atoms with Crippen molar-refractivity contribution in [2.75, 3.05) is 6.54 Å². The van der Waals surface area contributed by atoms with Gasteiger partial charge in [-0.1, -0.05) is 30.3 Å². The van der Waals surface area contributed by atoms with Crippen molar-refractivity contribution in [2.45, 2.75) is 39.0 Å². The quantitative estimate of drug-likeness (QED) is 0.832. The molecule has 1 fully saturated rings. The van der Waals surface area contributed by atoms with Gasteiger partial charge in [0.1, 0.15) is 5.69 Å². The van der Waals surface area contributed by atoms with Gasteiger partial charge in [0.2, 0.25) is 0 Å². The van der Waals surface area contributed by atoms with E-state index < -0.39 is 0 Å². The lowest BCUT2D eigenvalue weighted by Gasteiger charge is -2.16. The Balaban J connectivity index is 1.74. The Bertz CT molecular complexity index is 755. The van der Waals surface area contributed by atoms with E-state index in [4.69, 9.17) is 0 Å². The zero-order valence-electron chi connectivity index (χ0n) is 13.8. The van der Waals surface area contributed by atoms with E-state index in [9.17, 15) is 9.59 Å². The third-order valence-corrected chi connectivity index (χ3v) is 4.84. The van der Waals surface area contributed by atoms with E-state index in [0.29, 0.717) is 17.8 Å². The Morgan fingerprint density at radius 1 is 1.17 bits per heavy atom. The maximum Gasteiger partial charge on any atom is 0.268 e. The van der Waals surface area contributed by atoms with Crippen LogP contribution < -0.4 is 5.32 Å². The van der Waals surface area contributed by atoms with E-state index >= 15 is 0 Å². The van der Waals surface area contributed by atoms with Gasteiger partial charge in [-0.15, -0.1) is 0 Å². The van der Waals surface area contributed by atoms with Gasteiger partial charge >= 0.3 is 0 Å². The Labute approximate surface area is 136 Å². The summed E-state index contributed by atoms with van der Waals surface area (Å²) in [6.07, 6.45) is 2.19. The highest BCUT2D eigenvalue weighted by Gasteiger charge is 2.44. The minimum absolute atomic E-state index is 0.0155. The van der Waals surface area contributed by atoms with Crippen LogP contribution in [0.5, 0.6) is 0 Å². The summed E-state index contributed by atoms with van der Waals surface area (Å²) in [5.41, 5.74) is 3.97. The number of Topliss-reactive ketones (excluding diaryl/α,β-unsaturated/α-hetero) is 1. The lowest BCUT2D eigenvalue weighted by Crippen LogP contribution is -2.32. The fourth-order valence-corrected chi connectivity index (χ4v) is 3.35. The fourth-order valence-electron chi connectivity index (χ4n) is 3.35. The van der Waals surface area contributed by atoms with E-state index in [-0.39, 0.29) is 17.1 Å². The number of hydrogen-bond acceptors (Lipinski definition) is 2. The lowest BCUT2D eigenvalue weighted by atomic mass is 9.96. The molecule has 1 amide bonds. The number of carbonyl (C=O) groups is 2. The van der Waals surface area contributed by atoms with Crippen LogP contribution in [0, 0.1) is 13.8 Å². The first-order valence-electron chi connectivity index (χ1n) is 7.98. The standard InChI is InChI=1S/C19H22N2O2/c1-12-16(14(3)22)13(2)21-17(12)18(23)20-11-19(9-10-19)15-7-5-4-6-8-15/h4-8,21H,9-11H2,1-3H3,(H,20,23). The zero-order chi connectivity index (χ0) is 16.6. The number of nitrogens with one attached hydrogen (secondary N) is 2. The van der Waals surface area contributed by atoms with Crippen LogP contribution in [0.15, 0.2) is 30.3 Å². The summed E-state index contributed by atoms with van der Waals surface area (Å²) in [6.45, 7) is 5.80. The molecule has 2 aromatic rings. The van der Waals surface area contributed by atoms with Crippen LogP contribution in [0.25, 0.3) is 0 Å². The number of aryl methyl sites for hydroxylation is 1. The van der Waals surface area contributed by atoms with Crippen molar-refractivity contribution >= 4 is 11.7 Å². The molecule has 0 bridgehead atoms. The van der Waals surface area contributed by atoms with Crippen molar-refractivity contribution in [3.63, 3.8) is 0 Å². The Kier molecular flexibility index (Phi) is 3.84. The van der Waals surface area contributed by atoms with Gasteiger partial charge in [-0.25, -0.2) is 0 Å². The number of aromatic nitrogens is 1. The van der Waals surface area contributed by atoms with Crippen LogP contribution >= 0.6 is 0 Å². The second kappa shape index (κ2) is 5.69. The van der Waals surface area contributed by atoms with E-state index in [2.05, 4.69) is 22.4 Å². The normalized spacial score (nSPS) is 15.3. The molecule has 2 N–H and O–H groups in total. The second-order valence-electron chi connectivity index (χ2n) is 6.51. The van der Waals surface area contributed by atoms with Crippen LogP contribution in [0.3, 0.4) is 0 Å². The summed E-state index contributed by atoms with van der Waals surface area (Å²) in [5, 5.41) is 3.04. The fraction of sp³-hybridized carbons (Fsp3) is 0.368. The molecule has 1 aliphatic rings. The van der Waals surface area contributed by atoms with Crippen molar-refractivity contribution in [2.24, 2.45) is 0 Å². The van der Waals surface area contributed by atoms with Gasteiger partial charge in [0.15, 0.2) is 5.78 Å². The lowest BCUT2D eigenvalue weighted by molar-refractivity contribution is 0.0944. The van der Waals surface area contributed by atoms with Gasteiger partial charge in [0.05, 0.1) is 0 Å². The van der Waals surface area contributed by atoms with Crippen LogP contribution in [0.1, 0.15) is 57.4 Å². The summed E-state index contributed by atoms with van der Waals surface area (Å²) in [4.78, 5) is 27.2. The molecule has 0 radical (unpaired) electrons. The predicted octanol–water partition coefficient (Wildman–Crippen LogP) is 3.30. The largest absolute Gasteiger partial charge is 0.354 e. The molecule has 0 unspecified atom stereocenters. The third kappa shape index (κ3) is 2.81. The molecule has 4 nitrogen and oxygen atoms in total. The average molecular weight is 310 g/mol. The topological polar surface area (TPSA) is 62.0 Å². The molecular weight excluding hydrogens is 288 g/mol. The first kappa shape index (κ1) is 15.5. The summed E-state index contributed by atoms with van der Waals surface area (Å²) in [7, 11) is 0. The number of carbonyl (C=O) groups excluding carboxylic acids is 2. The first-order valence-corrected chi connectivity index (χ1v) is 7.98. The summed E-state index contributed by atoms with van der Waals surface area (Å²) in [6, 6.07) is 10.3. The van der Waals surface area contributed by atoms with Crippen LogP contribution in [0.2, 0.25) is 0 Å². The maximum absolute atomic E-state index is 12.5. The molecule has 0 spiro atoms. The van der Waals surface area contributed by atoms with Crippen LogP contribution in [0.4, 0.5) is 0 Å². The average Bonchev–Trinajstić information content (AvgIpc) is 3.26. The van der Waals surface area contributed by atoms with Gasteiger partial charge < -0.3 is 10.3 Å². The van der Waals surface area contributed by atoms with Crippen molar-refractivity contribution in [3.8, 4) is 0 Å². The first-order chi connectivity index (χ1) is 10.9. The van der Waals surface area contributed by atoms with Gasteiger partial charge in [-0.05, 0) is 44.7 Å². The molecule has 1 aromatic carbocycles. The molecule has 3 rings (SSSR count). The molecule has 120 valence electrons. The van der Waals surface area contributed by atoms with E-state index in [0.717, 1.165) is 24.1 Å². The molecule has 0 atom stereocenters. The Morgan fingerprint density at radius 3 is 2.35 bits per heavy atom. The molecule has 23 heavy (non-hydrogen) atoms. The highest BCUT2D eigenvalue weighted by molar-refractivity contribution is 6.02. The number of ketones is 1. The van der Waals surface area contributed by atoms with Gasteiger partial charge in [-0.2, -0.15) is 0 Å². The van der Waals surface area contributed by atoms with Gasteiger partial charge in [0.25, 0.3) is 5.91 Å². The minimum atomic E-state index is -0.139. The number of H-pyrrole nitrogens is 1. The summed E-state index contributed by atoms with van der Waals surface area (Å²) in [5.74, 6) is -0.154. The number of amides is 1. The van der Waals surface area contributed by atoms with Crippen molar-refractivity contribution in [3.05, 3.63) is 58.4 Å².